The molecule has 0 aliphatic heterocycles. The fourth-order valence-electron chi connectivity index (χ4n) is 2.62. The molecule has 2 aromatic rings. The van der Waals surface area contributed by atoms with Crippen molar-refractivity contribution >= 4 is 23.2 Å². The van der Waals surface area contributed by atoms with Crippen molar-refractivity contribution in [2.24, 2.45) is 5.92 Å². The Bertz CT molecular complexity index is 791. The first-order valence-corrected chi connectivity index (χ1v) is 8.58. The van der Waals surface area contributed by atoms with Gasteiger partial charge in [-0.2, -0.15) is 0 Å². The number of nitrogens with one attached hydrogen (secondary N) is 1. The van der Waals surface area contributed by atoms with E-state index in [9.17, 15) is 14.9 Å². The van der Waals surface area contributed by atoms with Crippen molar-refractivity contribution < 1.29 is 14.5 Å². The van der Waals surface area contributed by atoms with Crippen molar-refractivity contribution in [1.29, 1.82) is 0 Å². The van der Waals surface area contributed by atoms with Gasteiger partial charge in [0.15, 0.2) is 0 Å². The van der Waals surface area contributed by atoms with Gasteiger partial charge in [-0.1, -0.05) is 37.6 Å². The predicted molar refractivity (Wildman–Crippen MR) is 101 cm³/mol. The van der Waals surface area contributed by atoms with Gasteiger partial charge < -0.3 is 10.1 Å². The number of nitro groups is 1. The van der Waals surface area contributed by atoms with E-state index in [1.165, 1.54) is 18.2 Å². The Kier molecular flexibility index (Phi) is 6.58. The van der Waals surface area contributed by atoms with E-state index in [0.717, 1.165) is 17.7 Å². The normalized spacial score (nSPS) is 11.9. The number of hydrogen-bond acceptors (Lipinski definition) is 4. The Hall–Kier alpha value is -2.60. The van der Waals surface area contributed by atoms with Gasteiger partial charge in [0.25, 0.3) is 11.6 Å². The summed E-state index contributed by atoms with van der Waals surface area (Å²) in [6, 6.07) is 11.1. The molecule has 2 rings (SSSR count). The molecule has 6 nitrogen and oxygen atoms in total. The van der Waals surface area contributed by atoms with Crippen LogP contribution in [0.2, 0.25) is 5.02 Å². The molecule has 0 saturated carbocycles. The zero-order chi connectivity index (χ0) is 19.3. The number of rotatable bonds is 7. The Morgan fingerprint density at radius 2 is 1.88 bits per heavy atom. The number of methoxy groups -OCH3 is 1. The van der Waals surface area contributed by atoms with Crippen LogP contribution in [-0.4, -0.2) is 17.9 Å². The fourth-order valence-corrected chi connectivity index (χ4v) is 2.88. The van der Waals surface area contributed by atoms with Crippen LogP contribution >= 0.6 is 11.6 Å². The molecule has 0 unspecified atom stereocenters. The van der Waals surface area contributed by atoms with Crippen LogP contribution in [0.25, 0.3) is 0 Å². The Balaban J connectivity index is 2.24. The highest BCUT2D eigenvalue weighted by atomic mass is 35.5. The van der Waals surface area contributed by atoms with Gasteiger partial charge in [-0.05, 0) is 36.1 Å². The number of nitrogens with zero attached hydrogens (tertiary/aromatic N) is 1. The van der Waals surface area contributed by atoms with Gasteiger partial charge in [0.1, 0.15) is 5.75 Å². The molecule has 1 atom stereocenters. The zero-order valence-corrected chi connectivity index (χ0v) is 15.6. The van der Waals surface area contributed by atoms with E-state index in [2.05, 4.69) is 19.2 Å². The van der Waals surface area contributed by atoms with Crippen LogP contribution in [0.3, 0.4) is 0 Å². The van der Waals surface area contributed by atoms with E-state index in [4.69, 9.17) is 16.3 Å². The van der Waals surface area contributed by atoms with Crippen LogP contribution < -0.4 is 10.1 Å². The van der Waals surface area contributed by atoms with Gasteiger partial charge in [-0.15, -0.1) is 0 Å². The van der Waals surface area contributed by atoms with Gasteiger partial charge >= 0.3 is 0 Å². The Morgan fingerprint density at radius 1 is 1.23 bits per heavy atom. The minimum atomic E-state index is -0.549. The molecule has 0 aliphatic carbocycles. The molecule has 7 heteroatoms. The Morgan fingerprint density at radius 3 is 2.38 bits per heavy atom. The first-order valence-electron chi connectivity index (χ1n) is 8.20. The van der Waals surface area contributed by atoms with Gasteiger partial charge in [-0.3, -0.25) is 14.9 Å². The smallest absolute Gasteiger partial charge is 0.270 e. The van der Waals surface area contributed by atoms with Crippen LogP contribution in [-0.2, 0) is 0 Å². The summed E-state index contributed by atoms with van der Waals surface area (Å²) in [6.07, 6.45) is 0.739. The molecular weight excluding hydrogens is 356 g/mol. The number of nitro benzene ring substituents is 1. The first kappa shape index (κ1) is 19.7. The highest BCUT2D eigenvalue weighted by molar-refractivity contribution is 6.34. The van der Waals surface area contributed by atoms with E-state index in [1.807, 2.05) is 24.3 Å². The molecule has 0 aliphatic rings. The van der Waals surface area contributed by atoms with Crippen molar-refractivity contribution in [3.63, 3.8) is 0 Å². The quantitative estimate of drug-likeness (QED) is 0.557. The molecule has 0 spiro atoms. The van der Waals surface area contributed by atoms with Crippen molar-refractivity contribution in [3.8, 4) is 5.75 Å². The third-order valence-corrected chi connectivity index (χ3v) is 4.25. The summed E-state index contributed by atoms with van der Waals surface area (Å²) in [7, 11) is 1.60. The molecular formula is C19H21ClN2O4. The van der Waals surface area contributed by atoms with Crippen LogP contribution in [0.5, 0.6) is 5.75 Å². The summed E-state index contributed by atoms with van der Waals surface area (Å²) in [5.74, 6) is 0.725. The van der Waals surface area contributed by atoms with E-state index in [-0.39, 0.29) is 28.2 Å². The van der Waals surface area contributed by atoms with E-state index < -0.39 is 4.92 Å². The second-order valence-electron chi connectivity index (χ2n) is 6.35. The summed E-state index contributed by atoms with van der Waals surface area (Å²) in [6.45, 7) is 4.14. The minimum absolute atomic E-state index is 0.0507. The number of amides is 1. The number of benzene rings is 2. The summed E-state index contributed by atoms with van der Waals surface area (Å²) in [5.41, 5.74) is 1.01. The number of carbonyl (C=O) groups is 1. The SMILES string of the molecule is COc1ccc([C@@H](CC(C)C)NC(=O)c2ccc([N+](=O)[O-])cc2Cl)cc1. The van der Waals surface area contributed by atoms with Crippen molar-refractivity contribution in [2.75, 3.05) is 7.11 Å². The summed E-state index contributed by atoms with van der Waals surface area (Å²) >= 11 is 6.06. The van der Waals surface area contributed by atoms with Gasteiger partial charge in [0.2, 0.25) is 0 Å². The molecule has 138 valence electrons. The number of carbonyl (C=O) groups excluding carboxylic acids is 1. The summed E-state index contributed by atoms with van der Waals surface area (Å²) in [5, 5.41) is 13.8. The summed E-state index contributed by atoms with van der Waals surface area (Å²) < 4.78 is 5.17. The second-order valence-corrected chi connectivity index (χ2v) is 6.76. The molecule has 0 fully saturated rings. The van der Waals surface area contributed by atoms with Crippen molar-refractivity contribution in [1.82, 2.24) is 5.32 Å². The molecule has 0 aromatic heterocycles. The maximum atomic E-state index is 12.6. The molecule has 0 bridgehead atoms. The third kappa shape index (κ3) is 4.95. The lowest BCUT2D eigenvalue weighted by Crippen LogP contribution is -2.29. The first-order chi connectivity index (χ1) is 12.3. The zero-order valence-electron chi connectivity index (χ0n) is 14.9. The van der Waals surface area contributed by atoms with Gasteiger partial charge in [-0.25, -0.2) is 0 Å². The van der Waals surface area contributed by atoms with E-state index in [0.29, 0.717) is 5.92 Å². The number of non-ortho nitro benzene ring substituents is 1. The van der Waals surface area contributed by atoms with Crippen LogP contribution in [0.1, 0.15) is 42.2 Å². The Labute approximate surface area is 157 Å². The van der Waals surface area contributed by atoms with E-state index >= 15 is 0 Å². The maximum absolute atomic E-state index is 12.6. The highest BCUT2D eigenvalue weighted by Gasteiger charge is 2.20. The predicted octanol–water partition coefficient (Wildman–Crippen LogP) is 4.77. The topological polar surface area (TPSA) is 81.5 Å². The van der Waals surface area contributed by atoms with Crippen LogP contribution in [0.4, 0.5) is 5.69 Å². The lowest BCUT2D eigenvalue weighted by Gasteiger charge is -2.22. The number of ether oxygens (including phenoxy) is 1. The molecule has 1 N–H and O–H groups in total. The molecule has 26 heavy (non-hydrogen) atoms. The maximum Gasteiger partial charge on any atom is 0.270 e. The van der Waals surface area contributed by atoms with Crippen molar-refractivity contribution in [3.05, 3.63) is 68.7 Å². The van der Waals surface area contributed by atoms with E-state index in [1.54, 1.807) is 7.11 Å². The molecule has 0 heterocycles. The lowest BCUT2D eigenvalue weighted by atomic mass is 9.96. The number of hydrogen-bond donors (Lipinski definition) is 1. The summed E-state index contributed by atoms with van der Waals surface area (Å²) in [4.78, 5) is 22.9. The average Bonchev–Trinajstić information content (AvgIpc) is 2.60. The molecule has 0 radical (unpaired) electrons. The minimum Gasteiger partial charge on any atom is -0.497 e. The van der Waals surface area contributed by atoms with Crippen LogP contribution in [0.15, 0.2) is 42.5 Å². The highest BCUT2D eigenvalue weighted by Crippen LogP contribution is 2.26. The second kappa shape index (κ2) is 8.67. The average molecular weight is 377 g/mol. The van der Waals surface area contributed by atoms with Gasteiger partial charge in [0.05, 0.1) is 28.7 Å². The monoisotopic (exact) mass is 376 g/mol. The number of halogens is 1. The molecule has 2 aromatic carbocycles. The van der Waals surface area contributed by atoms with Crippen molar-refractivity contribution in [2.45, 2.75) is 26.3 Å². The third-order valence-electron chi connectivity index (χ3n) is 3.94. The molecule has 0 saturated heterocycles. The standard InChI is InChI=1S/C19H21ClN2O4/c1-12(2)10-18(13-4-7-15(26-3)8-5-13)21-19(23)16-9-6-14(22(24)25)11-17(16)20/h4-9,11-12,18H,10H2,1-3H3,(H,21,23)/t18-/m1/s1. The van der Waals surface area contributed by atoms with Crippen LogP contribution in [0, 0.1) is 16.0 Å². The lowest BCUT2D eigenvalue weighted by molar-refractivity contribution is -0.384. The molecule has 1 amide bonds. The van der Waals surface area contributed by atoms with Gasteiger partial charge in [0, 0.05) is 12.1 Å². The largest absolute Gasteiger partial charge is 0.497 e. The fraction of sp³-hybridized carbons (Fsp3) is 0.316.